The first-order valence-corrected chi connectivity index (χ1v) is 6.77. The minimum absolute atomic E-state index is 0.0789. The molecular formula is C15H22N2O. The van der Waals surface area contributed by atoms with E-state index in [2.05, 4.69) is 55.4 Å². The van der Waals surface area contributed by atoms with Gasteiger partial charge < -0.3 is 10.1 Å². The number of hydrogen-bond donors (Lipinski definition) is 1. The fraction of sp³-hybridized carbons (Fsp3) is 0.600. The van der Waals surface area contributed by atoms with Crippen LogP contribution in [-0.4, -0.2) is 36.7 Å². The zero-order chi connectivity index (χ0) is 12.8. The highest BCUT2D eigenvalue weighted by molar-refractivity contribution is 5.38. The maximum absolute atomic E-state index is 6.09. The Kier molecular flexibility index (Phi) is 2.83. The van der Waals surface area contributed by atoms with Crippen LogP contribution in [0.5, 0.6) is 5.75 Å². The van der Waals surface area contributed by atoms with Crippen LogP contribution in [-0.2, 0) is 0 Å². The number of rotatable bonds is 2. The molecule has 0 aliphatic carbocycles. The van der Waals surface area contributed by atoms with Crippen LogP contribution >= 0.6 is 0 Å². The monoisotopic (exact) mass is 246 g/mol. The number of nitrogens with one attached hydrogen (secondary N) is 1. The molecule has 0 spiro atoms. The van der Waals surface area contributed by atoms with Gasteiger partial charge in [0, 0.05) is 37.2 Å². The molecule has 1 atom stereocenters. The summed E-state index contributed by atoms with van der Waals surface area (Å²) in [5.41, 5.74) is 1.26. The molecule has 1 unspecified atom stereocenters. The molecular weight excluding hydrogens is 224 g/mol. The molecule has 1 aromatic rings. The zero-order valence-electron chi connectivity index (χ0n) is 11.4. The maximum Gasteiger partial charge on any atom is 0.124 e. The van der Waals surface area contributed by atoms with E-state index in [4.69, 9.17) is 4.74 Å². The molecule has 2 aliphatic heterocycles. The van der Waals surface area contributed by atoms with E-state index in [1.54, 1.807) is 0 Å². The van der Waals surface area contributed by atoms with Crippen molar-refractivity contribution < 1.29 is 4.74 Å². The lowest BCUT2D eigenvalue weighted by Gasteiger charge is -2.46. The maximum atomic E-state index is 6.09. The van der Waals surface area contributed by atoms with Gasteiger partial charge in [-0.25, -0.2) is 0 Å². The lowest BCUT2D eigenvalue weighted by molar-refractivity contribution is 0.0165. The van der Waals surface area contributed by atoms with E-state index in [-0.39, 0.29) is 5.60 Å². The molecule has 0 bridgehead atoms. The summed E-state index contributed by atoms with van der Waals surface area (Å²) in [6, 6.07) is 9.60. The Balaban J connectivity index is 1.93. The average molecular weight is 246 g/mol. The average Bonchev–Trinajstić information content (AvgIpc) is 2.24. The molecule has 18 heavy (non-hydrogen) atoms. The topological polar surface area (TPSA) is 24.5 Å². The van der Waals surface area contributed by atoms with Crippen LogP contribution in [0.4, 0.5) is 0 Å². The number of fused-ring (bicyclic) bond motifs is 1. The third-order valence-corrected chi connectivity index (χ3v) is 4.18. The smallest absolute Gasteiger partial charge is 0.124 e. The first kappa shape index (κ1) is 12.0. The van der Waals surface area contributed by atoms with E-state index >= 15 is 0 Å². The molecule has 0 radical (unpaired) electrons. The summed E-state index contributed by atoms with van der Waals surface area (Å²) < 4.78 is 6.09. The molecule has 3 heteroatoms. The summed E-state index contributed by atoms with van der Waals surface area (Å²) in [5, 5.41) is 3.35. The van der Waals surface area contributed by atoms with Gasteiger partial charge in [-0.1, -0.05) is 18.2 Å². The highest BCUT2D eigenvalue weighted by Gasteiger charge is 2.38. The van der Waals surface area contributed by atoms with E-state index in [1.165, 1.54) is 5.56 Å². The summed E-state index contributed by atoms with van der Waals surface area (Å²) in [5.74, 6) is 1.05. The highest BCUT2D eigenvalue weighted by Crippen LogP contribution is 2.42. The van der Waals surface area contributed by atoms with Gasteiger partial charge in [0.2, 0.25) is 0 Å². The van der Waals surface area contributed by atoms with E-state index in [0.29, 0.717) is 12.1 Å². The summed E-state index contributed by atoms with van der Waals surface area (Å²) >= 11 is 0. The van der Waals surface area contributed by atoms with Crippen LogP contribution < -0.4 is 10.1 Å². The third kappa shape index (κ3) is 2.02. The standard InChI is InChI=1S/C15H22N2O/c1-15(2)8-13(17(3)11-9-16-10-11)12-6-4-5-7-14(12)18-15/h4-7,11,13,16H,8-10H2,1-3H3. The first-order valence-electron chi connectivity index (χ1n) is 6.77. The molecule has 1 N–H and O–H groups in total. The van der Waals surface area contributed by atoms with Crippen molar-refractivity contribution in [1.29, 1.82) is 0 Å². The molecule has 2 aliphatic rings. The van der Waals surface area contributed by atoms with Crippen molar-refractivity contribution in [1.82, 2.24) is 10.2 Å². The number of hydrogen-bond acceptors (Lipinski definition) is 3. The summed E-state index contributed by atoms with van der Waals surface area (Å²) in [4.78, 5) is 2.51. The van der Waals surface area contributed by atoms with Crippen LogP contribution in [0.1, 0.15) is 31.9 Å². The predicted molar refractivity (Wildman–Crippen MR) is 72.9 cm³/mol. The minimum Gasteiger partial charge on any atom is -0.487 e. The Labute approximate surface area is 109 Å². The van der Waals surface area contributed by atoms with E-state index in [1.807, 2.05) is 0 Å². The van der Waals surface area contributed by atoms with Crippen molar-refractivity contribution in [2.24, 2.45) is 0 Å². The van der Waals surface area contributed by atoms with Crippen molar-refractivity contribution in [3.63, 3.8) is 0 Å². The SMILES string of the molecule is CN(C1CNC1)C1CC(C)(C)Oc2ccccc21. The summed E-state index contributed by atoms with van der Waals surface area (Å²) in [7, 11) is 2.24. The van der Waals surface area contributed by atoms with Gasteiger partial charge in [0.15, 0.2) is 0 Å². The lowest BCUT2D eigenvalue weighted by atomic mass is 9.87. The molecule has 1 saturated heterocycles. The van der Waals surface area contributed by atoms with Crippen LogP contribution in [0.25, 0.3) is 0 Å². The van der Waals surface area contributed by atoms with Crippen molar-refractivity contribution in [2.75, 3.05) is 20.1 Å². The van der Waals surface area contributed by atoms with E-state index < -0.39 is 0 Å². The van der Waals surface area contributed by atoms with Gasteiger partial charge in [0.25, 0.3) is 0 Å². The molecule has 0 saturated carbocycles. The second-order valence-corrected chi connectivity index (χ2v) is 6.10. The van der Waals surface area contributed by atoms with Crippen LogP contribution in [0.3, 0.4) is 0 Å². The molecule has 2 heterocycles. The largest absolute Gasteiger partial charge is 0.487 e. The van der Waals surface area contributed by atoms with E-state index in [0.717, 1.165) is 25.3 Å². The van der Waals surface area contributed by atoms with E-state index in [9.17, 15) is 0 Å². The van der Waals surface area contributed by atoms with Gasteiger partial charge in [0.1, 0.15) is 11.4 Å². The normalized spacial score (nSPS) is 26.3. The first-order chi connectivity index (χ1) is 8.57. The van der Waals surface area contributed by atoms with Gasteiger partial charge in [0.05, 0.1) is 0 Å². The lowest BCUT2D eigenvalue weighted by Crippen LogP contribution is -2.57. The van der Waals surface area contributed by atoms with Gasteiger partial charge in [-0.2, -0.15) is 0 Å². The fourth-order valence-corrected chi connectivity index (χ4v) is 2.94. The number of para-hydroxylation sites is 1. The Bertz CT molecular complexity index is 440. The zero-order valence-corrected chi connectivity index (χ0v) is 11.4. The van der Waals surface area contributed by atoms with Crippen LogP contribution in [0.15, 0.2) is 24.3 Å². The summed E-state index contributed by atoms with van der Waals surface area (Å²) in [6.45, 7) is 6.58. The highest BCUT2D eigenvalue weighted by atomic mass is 16.5. The van der Waals surface area contributed by atoms with Gasteiger partial charge in [-0.15, -0.1) is 0 Å². The number of benzene rings is 1. The summed E-state index contributed by atoms with van der Waals surface area (Å²) in [6.07, 6.45) is 1.05. The molecule has 3 nitrogen and oxygen atoms in total. The van der Waals surface area contributed by atoms with Gasteiger partial charge >= 0.3 is 0 Å². The molecule has 98 valence electrons. The Morgan fingerprint density at radius 1 is 1.28 bits per heavy atom. The minimum atomic E-state index is -0.0789. The fourth-order valence-electron chi connectivity index (χ4n) is 2.94. The number of likely N-dealkylation sites (N-methyl/N-ethyl adjacent to an activating group) is 1. The second kappa shape index (κ2) is 4.25. The quantitative estimate of drug-likeness (QED) is 0.865. The van der Waals surface area contributed by atoms with Gasteiger partial charge in [-0.05, 0) is 27.0 Å². The third-order valence-electron chi connectivity index (χ3n) is 4.18. The van der Waals surface area contributed by atoms with Crippen LogP contribution in [0, 0.1) is 0 Å². The van der Waals surface area contributed by atoms with Crippen molar-refractivity contribution >= 4 is 0 Å². The Hall–Kier alpha value is -1.06. The molecule has 1 fully saturated rings. The molecule has 1 aromatic carbocycles. The number of nitrogens with zero attached hydrogens (tertiary/aromatic N) is 1. The predicted octanol–water partition coefficient (Wildman–Crippen LogP) is 2.19. The van der Waals surface area contributed by atoms with Crippen LogP contribution in [0.2, 0.25) is 0 Å². The Morgan fingerprint density at radius 3 is 2.67 bits per heavy atom. The van der Waals surface area contributed by atoms with Gasteiger partial charge in [-0.3, -0.25) is 4.90 Å². The van der Waals surface area contributed by atoms with Crippen molar-refractivity contribution in [3.8, 4) is 5.75 Å². The Morgan fingerprint density at radius 2 is 2.00 bits per heavy atom. The number of ether oxygens (including phenoxy) is 1. The molecule has 3 rings (SSSR count). The second-order valence-electron chi connectivity index (χ2n) is 6.10. The van der Waals surface area contributed by atoms with Crippen molar-refractivity contribution in [3.05, 3.63) is 29.8 Å². The van der Waals surface area contributed by atoms with Crippen molar-refractivity contribution in [2.45, 2.75) is 38.0 Å². The molecule has 0 aromatic heterocycles. The molecule has 0 amide bonds.